The first-order chi connectivity index (χ1) is 23.8. The van der Waals surface area contributed by atoms with Gasteiger partial charge in [-0.3, -0.25) is 14.4 Å². The maximum absolute atomic E-state index is 14.3. The van der Waals surface area contributed by atoms with Crippen molar-refractivity contribution in [2.45, 2.75) is 50.6 Å². The molecular formula is C32H28ClF4N7O6. The Labute approximate surface area is 285 Å². The summed E-state index contributed by atoms with van der Waals surface area (Å²) in [5.41, 5.74) is -1.74. The Morgan fingerprint density at radius 3 is 2.62 bits per heavy atom. The number of piperidine rings is 1. The van der Waals surface area contributed by atoms with Gasteiger partial charge in [-0.25, -0.2) is 9.37 Å². The summed E-state index contributed by atoms with van der Waals surface area (Å²) < 4.78 is 67.5. The highest BCUT2D eigenvalue weighted by Crippen LogP contribution is 2.48. The molecule has 1 fully saturated rings. The van der Waals surface area contributed by atoms with E-state index in [4.69, 9.17) is 21.1 Å². The average molecular weight is 718 g/mol. The van der Waals surface area contributed by atoms with Gasteiger partial charge in [0.05, 0.1) is 53.0 Å². The first kappa shape index (κ1) is 33.6. The molecule has 0 aliphatic carbocycles. The lowest BCUT2D eigenvalue weighted by Gasteiger charge is -2.39. The Bertz CT molecular complexity index is 2140. The second-order valence-corrected chi connectivity index (χ2v) is 12.6. The lowest BCUT2D eigenvalue weighted by Crippen LogP contribution is -2.47. The van der Waals surface area contributed by atoms with Crippen molar-refractivity contribution in [1.82, 2.24) is 29.0 Å². The number of carbonyl (C=O) groups excluding carboxylic acids is 2. The summed E-state index contributed by atoms with van der Waals surface area (Å²) >= 11 is 6.10. The minimum atomic E-state index is -4.63. The number of fused-ring (bicyclic) bond motifs is 3. The highest BCUT2D eigenvalue weighted by Gasteiger charge is 2.50. The van der Waals surface area contributed by atoms with E-state index in [0.717, 1.165) is 34.5 Å². The largest absolute Gasteiger partial charge is 0.505 e. The summed E-state index contributed by atoms with van der Waals surface area (Å²) in [6.45, 7) is 2.20. The molecule has 50 heavy (non-hydrogen) atoms. The molecule has 0 saturated carbocycles. The van der Waals surface area contributed by atoms with E-state index in [0.29, 0.717) is 31.4 Å². The number of nitrogens with zero attached hydrogens (tertiary/aromatic N) is 6. The van der Waals surface area contributed by atoms with Crippen molar-refractivity contribution in [3.05, 3.63) is 86.1 Å². The molecule has 4 aromatic rings. The van der Waals surface area contributed by atoms with Crippen LogP contribution in [0.5, 0.6) is 5.75 Å². The van der Waals surface area contributed by atoms with E-state index in [1.54, 1.807) is 13.0 Å². The number of hydrogen-bond acceptors (Lipinski definition) is 9. The number of nitrogens with one attached hydrogen (secondary N) is 1. The number of alkyl halides is 3. The van der Waals surface area contributed by atoms with Crippen LogP contribution in [-0.2, 0) is 32.6 Å². The van der Waals surface area contributed by atoms with Gasteiger partial charge < -0.3 is 29.4 Å². The van der Waals surface area contributed by atoms with Crippen LogP contribution in [0.4, 0.5) is 23.2 Å². The number of carbonyl (C=O) groups is 2. The fraction of sp³-hybridized carbons (Fsp3) is 0.375. The molecule has 3 aromatic heterocycles. The zero-order chi connectivity index (χ0) is 35.5. The number of halogens is 5. The predicted molar refractivity (Wildman–Crippen MR) is 168 cm³/mol. The second kappa shape index (κ2) is 12.5. The fourth-order valence-corrected chi connectivity index (χ4v) is 6.94. The molecule has 3 aliphatic heterocycles. The Hall–Kier alpha value is -4.87. The molecule has 0 unspecified atom stereocenters. The van der Waals surface area contributed by atoms with Crippen LogP contribution in [0.2, 0.25) is 5.02 Å². The van der Waals surface area contributed by atoms with Crippen molar-refractivity contribution in [1.29, 1.82) is 0 Å². The Morgan fingerprint density at radius 2 is 1.96 bits per heavy atom. The lowest BCUT2D eigenvalue weighted by molar-refractivity contribution is -0.137. The number of pyridine rings is 1. The Morgan fingerprint density at radius 1 is 1.20 bits per heavy atom. The van der Waals surface area contributed by atoms with Crippen LogP contribution in [0.25, 0.3) is 11.4 Å². The smallest absolute Gasteiger partial charge is 0.416 e. The van der Waals surface area contributed by atoms with Crippen LogP contribution < -0.4 is 10.9 Å². The topological polar surface area (TPSA) is 153 Å². The SMILES string of the molecule is C[C@H]1OC2(CCN(C(=O)c3ncc(F)cc3O)CC2)c2c1n(CC(=O)Nc1ccc(C(F)(F)F)cc1Cl)c1nc(C3=CCOCC3)nn1c2=O. The molecule has 2 amide bonds. The summed E-state index contributed by atoms with van der Waals surface area (Å²) in [5, 5.41) is 16.9. The van der Waals surface area contributed by atoms with Crippen LogP contribution >= 0.6 is 11.6 Å². The Kier molecular flexibility index (Phi) is 8.39. The zero-order valence-electron chi connectivity index (χ0n) is 26.3. The van der Waals surface area contributed by atoms with Gasteiger partial charge in [-0.15, -0.1) is 5.10 Å². The van der Waals surface area contributed by atoms with Gasteiger partial charge in [-0.1, -0.05) is 17.7 Å². The molecule has 2 N–H and O–H groups in total. The Balaban J connectivity index is 1.26. The van der Waals surface area contributed by atoms with Crippen molar-refractivity contribution < 1.29 is 41.7 Å². The summed E-state index contributed by atoms with van der Waals surface area (Å²) in [5.74, 6) is -2.39. The molecule has 1 atom stereocenters. The summed E-state index contributed by atoms with van der Waals surface area (Å²) in [6.07, 6.45) is -1.95. The molecule has 1 spiro atoms. The molecule has 0 bridgehead atoms. The minimum Gasteiger partial charge on any atom is -0.505 e. The van der Waals surface area contributed by atoms with E-state index >= 15 is 0 Å². The quantitative estimate of drug-likeness (QED) is 0.285. The van der Waals surface area contributed by atoms with E-state index in [9.17, 15) is 37.1 Å². The molecule has 1 aromatic carbocycles. The van der Waals surface area contributed by atoms with Crippen LogP contribution in [0.15, 0.2) is 41.3 Å². The molecule has 7 rings (SSSR count). The summed E-state index contributed by atoms with van der Waals surface area (Å²) in [7, 11) is 0. The number of amides is 2. The van der Waals surface area contributed by atoms with Gasteiger partial charge in [0.25, 0.3) is 11.5 Å². The maximum Gasteiger partial charge on any atom is 0.416 e. The number of aromatic nitrogens is 5. The number of aromatic hydroxyl groups is 1. The van der Waals surface area contributed by atoms with E-state index in [2.05, 4.69) is 20.4 Å². The normalized spacial score (nSPS) is 18.7. The van der Waals surface area contributed by atoms with Crippen LogP contribution in [0.1, 0.15) is 65.4 Å². The third kappa shape index (κ3) is 5.88. The van der Waals surface area contributed by atoms with Crippen LogP contribution in [0.3, 0.4) is 0 Å². The lowest BCUT2D eigenvalue weighted by atomic mass is 9.85. The van der Waals surface area contributed by atoms with Gasteiger partial charge in [0.15, 0.2) is 11.5 Å². The first-order valence-corrected chi connectivity index (χ1v) is 15.9. The van der Waals surface area contributed by atoms with Gasteiger partial charge >= 0.3 is 6.18 Å². The van der Waals surface area contributed by atoms with Crippen molar-refractivity contribution in [3.63, 3.8) is 0 Å². The molecule has 13 nitrogen and oxygen atoms in total. The highest BCUT2D eigenvalue weighted by atomic mass is 35.5. The monoisotopic (exact) mass is 717 g/mol. The van der Waals surface area contributed by atoms with Gasteiger partial charge in [0.2, 0.25) is 11.7 Å². The van der Waals surface area contributed by atoms with Crippen LogP contribution in [0, 0.1) is 5.82 Å². The molecule has 0 radical (unpaired) electrons. The van der Waals surface area contributed by atoms with Gasteiger partial charge in [0.1, 0.15) is 23.7 Å². The molecular weight excluding hydrogens is 690 g/mol. The van der Waals surface area contributed by atoms with Gasteiger partial charge in [0, 0.05) is 19.2 Å². The maximum atomic E-state index is 14.3. The van der Waals surface area contributed by atoms with Gasteiger partial charge in [-0.05, 0) is 50.0 Å². The molecule has 18 heteroatoms. The number of ether oxygens (including phenoxy) is 2. The van der Waals surface area contributed by atoms with E-state index in [1.165, 1.54) is 9.47 Å². The zero-order valence-corrected chi connectivity index (χ0v) is 27.0. The van der Waals surface area contributed by atoms with Crippen molar-refractivity contribution in [3.8, 4) is 5.75 Å². The third-order valence-corrected chi connectivity index (χ3v) is 9.36. The van der Waals surface area contributed by atoms with Crippen molar-refractivity contribution in [2.75, 3.05) is 31.6 Å². The standard InChI is InChI=1S/C32H28ClF4N7O6/c1-16-26-24(31(50-16)6-8-42(9-7-31)29(48)25-22(45)13-19(34)14-38-25)28(47)44-30(40-27(41-44)17-4-10-49-11-5-17)43(26)15-23(46)39-21-3-2-18(12-20(21)33)32(35,36)37/h2-4,12-14,16,45H,5-11,15H2,1H3,(H,39,46)/t16-/m1/s1. The van der Waals surface area contributed by atoms with Crippen LogP contribution in [-0.4, -0.2) is 72.3 Å². The van der Waals surface area contributed by atoms with E-state index in [-0.39, 0.29) is 59.5 Å². The average Bonchev–Trinajstić information content (AvgIpc) is 3.64. The molecule has 3 aliphatic rings. The molecule has 6 heterocycles. The van der Waals surface area contributed by atoms with Gasteiger partial charge in [-0.2, -0.15) is 22.7 Å². The molecule has 1 saturated heterocycles. The van der Waals surface area contributed by atoms with Crippen molar-refractivity contribution >= 4 is 40.5 Å². The van der Waals surface area contributed by atoms with E-state index < -0.39 is 58.9 Å². The summed E-state index contributed by atoms with van der Waals surface area (Å²) in [6, 6.07) is 3.36. The number of likely N-dealkylation sites (tertiary alicyclic amines) is 1. The molecule has 262 valence electrons. The third-order valence-electron chi connectivity index (χ3n) is 9.05. The number of benzene rings is 1. The predicted octanol–water partition coefficient (Wildman–Crippen LogP) is 4.47. The van der Waals surface area contributed by atoms with E-state index in [1.807, 2.05) is 0 Å². The first-order valence-electron chi connectivity index (χ1n) is 15.5. The fourth-order valence-electron chi connectivity index (χ4n) is 6.71. The minimum absolute atomic E-state index is 0.0442. The number of anilines is 1. The number of hydrogen-bond donors (Lipinski definition) is 2. The second-order valence-electron chi connectivity index (χ2n) is 12.2. The summed E-state index contributed by atoms with van der Waals surface area (Å²) in [4.78, 5) is 50.8. The number of rotatable bonds is 5. The van der Waals surface area contributed by atoms with Crippen molar-refractivity contribution in [2.24, 2.45) is 0 Å². The highest BCUT2D eigenvalue weighted by molar-refractivity contribution is 6.33.